The van der Waals surface area contributed by atoms with E-state index in [-0.39, 0.29) is 10.6 Å². The molecular formula is C16H18ClN3O5S. The van der Waals surface area contributed by atoms with Crippen LogP contribution in [0.3, 0.4) is 0 Å². The molecule has 0 saturated heterocycles. The van der Waals surface area contributed by atoms with E-state index in [4.69, 9.17) is 16.3 Å². The Morgan fingerprint density at radius 2 is 1.85 bits per heavy atom. The second-order valence-electron chi connectivity index (χ2n) is 5.42. The molecule has 140 valence electrons. The summed E-state index contributed by atoms with van der Waals surface area (Å²) in [6.45, 7) is 1.41. The van der Waals surface area contributed by atoms with Gasteiger partial charge in [0.15, 0.2) is 6.10 Å². The average molecular weight is 400 g/mol. The van der Waals surface area contributed by atoms with Crippen LogP contribution in [-0.2, 0) is 26.6 Å². The highest BCUT2D eigenvalue weighted by molar-refractivity contribution is 7.89. The van der Waals surface area contributed by atoms with Crippen molar-refractivity contribution in [3.05, 3.63) is 47.2 Å². The summed E-state index contributed by atoms with van der Waals surface area (Å²) in [7, 11) is -0.920. The van der Waals surface area contributed by atoms with E-state index in [1.807, 2.05) is 0 Å². The van der Waals surface area contributed by atoms with Gasteiger partial charge in [-0.05, 0) is 44.3 Å². The number of hydrogen-bond donors (Lipinski definition) is 2. The maximum Gasteiger partial charge on any atom is 0.355 e. The number of esters is 1. The topological polar surface area (TPSA) is 106 Å². The van der Waals surface area contributed by atoms with Crippen LogP contribution >= 0.6 is 11.6 Å². The molecule has 2 rings (SSSR count). The van der Waals surface area contributed by atoms with Gasteiger partial charge in [0.1, 0.15) is 10.6 Å². The highest BCUT2D eigenvalue weighted by Crippen LogP contribution is 2.16. The van der Waals surface area contributed by atoms with Gasteiger partial charge in [0, 0.05) is 24.0 Å². The fourth-order valence-electron chi connectivity index (χ4n) is 2.05. The Balaban J connectivity index is 2.07. The predicted molar refractivity (Wildman–Crippen MR) is 96.6 cm³/mol. The van der Waals surface area contributed by atoms with Gasteiger partial charge in [-0.25, -0.2) is 17.9 Å². The van der Waals surface area contributed by atoms with E-state index in [2.05, 4.69) is 10.0 Å². The zero-order chi connectivity index (χ0) is 19.5. The summed E-state index contributed by atoms with van der Waals surface area (Å²) in [5.41, 5.74) is 0.508. The van der Waals surface area contributed by atoms with Crippen LogP contribution in [0, 0.1) is 0 Å². The molecule has 1 aromatic heterocycles. The minimum atomic E-state index is -3.69. The van der Waals surface area contributed by atoms with E-state index >= 15 is 0 Å². The standard InChI is InChI=1S/C16H18ClN3O5S/c1-10(15(21)19-12-6-4-11(17)5-7-12)25-16(22)14-8-13(9-20(14)3)26(23,24)18-2/h4-10,18H,1-3H3,(H,19,21). The van der Waals surface area contributed by atoms with Gasteiger partial charge < -0.3 is 14.6 Å². The summed E-state index contributed by atoms with van der Waals surface area (Å²) in [5.74, 6) is -1.35. The average Bonchev–Trinajstić information content (AvgIpc) is 2.99. The number of rotatable bonds is 6. The Bertz CT molecular complexity index is 922. The van der Waals surface area contributed by atoms with Gasteiger partial charge in [0.25, 0.3) is 5.91 Å². The van der Waals surface area contributed by atoms with Gasteiger partial charge >= 0.3 is 5.97 Å². The molecule has 1 amide bonds. The summed E-state index contributed by atoms with van der Waals surface area (Å²) in [6.07, 6.45) is 0.193. The van der Waals surface area contributed by atoms with Crippen molar-refractivity contribution in [3.63, 3.8) is 0 Å². The van der Waals surface area contributed by atoms with E-state index < -0.39 is 28.0 Å². The molecule has 1 atom stereocenters. The first-order chi connectivity index (χ1) is 12.1. The SMILES string of the molecule is CNS(=O)(=O)c1cc(C(=O)OC(C)C(=O)Nc2ccc(Cl)cc2)n(C)c1. The number of carbonyl (C=O) groups excluding carboxylic acids is 2. The quantitative estimate of drug-likeness (QED) is 0.720. The third-order valence-corrected chi connectivity index (χ3v) is 5.17. The number of halogens is 1. The zero-order valence-electron chi connectivity index (χ0n) is 14.3. The van der Waals surface area contributed by atoms with Crippen molar-refractivity contribution in [1.82, 2.24) is 9.29 Å². The Morgan fingerprint density at radius 3 is 2.42 bits per heavy atom. The number of amides is 1. The lowest BCUT2D eigenvalue weighted by Gasteiger charge is -2.13. The molecule has 0 aliphatic carbocycles. The molecule has 1 aromatic carbocycles. The number of aromatic nitrogens is 1. The van der Waals surface area contributed by atoms with E-state index in [1.54, 1.807) is 24.3 Å². The lowest BCUT2D eigenvalue weighted by atomic mass is 10.3. The van der Waals surface area contributed by atoms with Crippen molar-refractivity contribution in [3.8, 4) is 0 Å². The fourth-order valence-corrected chi connectivity index (χ4v) is 2.98. The minimum Gasteiger partial charge on any atom is -0.448 e. The first kappa shape index (κ1) is 20.0. The van der Waals surface area contributed by atoms with Crippen LogP contribution in [0.2, 0.25) is 5.02 Å². The van der Waals surface area contributed by atoms with Crippen LogP contribution < -0.4 is 10.0 Å². The third kappa shape index (κ3) is 4.63. The van der Waals surface area contributed by atoms with Crippen LogP contribution in [0.5, 0.6) is 0 Å². The van der Waals surface area contributed by atoms with Gasteiger partial charge in [0.05, 0.1) is 0 Å². The number of ether oxygens (including phenoxy) is 1. The Morgan fingerprint density at radius 1 is 1.23 bits per heavy atom. The molecule has 0 aliphatic rings. The molecule has 0 spiro atoms. The number of aryl methyl sites for hydroxylation is 1. The third-order valence-electron chi connectivity index (χ3n) is 3.53. The normalized spacial score (nSPS) is 12.5. The number of nitrogens with one attached hydrogen (secondary N) is 2. The molecule has 0 aliphatic heterocycles. The lowest BCUT2D eigenvalue weighted by Crippen LogP contribution is -2.30. The number of benzene rings is 1. The molecule has 1 unspecified atom stereocenters. The van der Waals surface area contributed by atoms with Crippen LogP contribution in [-0.4, -0.2) is 38.0 Å². The van der Waals surface area contributed by atoms with E-state index in [0.29, 0.717) is 10.7 Å². The van der Waals surface area contributed by atoms with Crippen LogP contribution in [0.4, 0.5) is 5.69 Å². The molecule has 0 fully saturated rings. The summed E-state index contributed by atoms with van der Waals surface area (Å²) in [5, 5.41) is 3.12. The van der Waals surface area contributed by atoms with E-state index in [0.717, 1.165) is 0 Å². The largest absolute Gasteiger partial charge is 0.448 e. The highest BCUT2D eigenvalue weighted by atomic mass is 35.5. The zero-order valence-corrected chi connectivity index (χ0v) is 15.9. The second-order valence-corrected chi connectivity index (χ2v) is 7.75. The van der Waals surface area contributed by atoms with Gasteiger partial charge in [-0.3, -0.25) is 4.79 Å². The van der Waals surface area contributed by atoms with Crippen LogP contribution in [0.1, 0.15) is 17.4 Å². The van der Waals surface area contributed by atoms with Crippen molar-refractivity contribution in [1.29, 1.82) is 0 Å². The second kappa shape index (κ2) is 7.90. The number of anilines is 1. The first-order valence-corrected chi connectivity index (χ1v) is 9.37. The van der Waals surface area contributed by atoms with Crippen LogP contribution in [0.25, 0.3) is 0 Å². The number of sulfonamides is 1. The Hall–Kier alpha value is -2.36. The monoisotopic (exact) mass is 399 g/mol. The minimum absolute atomic E-state index is 0.00460. The smallest absolute Gasteiger partial charge is 0.355 e. The van der Waals surface area contributed by atoms with Gasteiger partial charge in [-0.1, -0.05) is 11.6 Å². The molecule has 2 N–H and O–H groups in total. The first-order valence-electron chi connectivity index (χ1n) is 7.51. The summed E-state index contributed by atoms with van der Waals surface area (Å²) in [4.78, 5) is 24.3. The Kier molecular flexibility index (Phi) is 6.06. The lowest BCUT2D eigenvalue weighted by molar-refractivity contribution is -0.123. The van der Waals surface area contributed by atoms with Crippen molar-refractivity contribution >= 4 is 39.2 Å². The maximum atomic E-state index is 12.3. The summed E-state index contributed by atoms with van der Waals surface area (Å²) in [6, 6.07) is 7.63. The molecule has 0 radical (unpaired) electrons. The van der Waals surface area contributed by atoms with Gasteiger partial charge in [-0.15, -0.1) is 0 Å². The fraction of sp³-hybridized carbons (Fsp3) is 0.250. The molecule has 8 nitrogen and oxygen atoms in total. The van der Waals surface area contributed by atoms with Crippen molar-refractivity contribution in [2.45, 2.75) is 17.9 Å². The maximum absolute atomic E-state index is 12.3. The van der Waals surface area contributed by atoms with E-state index in [1.165, 1.54) is 37.8 Å². The summed E-state index contributed by atoms with van der Waals surface area (Å²) >= 11 is 5.78. The van der Waals surface area contributed by atoms with Crippen molar-refractivity contribution in [2.75, 3.05) is 12.4 Å². The number of nitrogens with zero attached hydrogens (tertiary/aromatic N) is 1. The van der Waals surface area contributed by atoms with Gasteiger partial charge in [-0.2, -0.15) is 0 Å². The molecule has 26 heavy (non-hydrogen) atoms. The van der Waals surface area contributed by atoms with E-state index in [9.17, 15) is 18.0 Å². The predicted octanol–water partition coefficient (Wildman–Crippen LogP) is 1.77. The number of hydrogen-bond acceptors (Lipinski definition) is 5. The molecular weight excluding hydrogens is 382 g/mol. The molecule has 0 saturated carbocycles. The number of carbonyl (C=O) groups is 2. The molecule has 0 bridgehead atoms. The molecule has 1 heterocycles. The highest BCUT2D eigenvalue weighted by Gasteiger charge is 2.24. The van der Waals surface area contributed by atoms with Crippen LogP contribution in [0.15, 0.2) is 41.4 Å². The summed E-state index contributed by atoms with van der Waals surface area (Å²) < 4.78 is 32.2. The van der Waals surface area contributed by atoms with Crippen molar-refractivity contribution in [2.24, 2.45) is 7.05 Å². The van der Waals surface area contributed by atoms with Crippen molar-refractivity contribution < 1.29 is 22.7 Å². The Labute approximate surface area is 156 Å². The van der Waals surface area contributed by atoms with Gasteiger partial charge in [0.2, 0.25) is 10.0 Å². The molecule has 2 aromatic rings. The molecule has 10 heteroatoms.